The third kappa shape index (κ3) is 6.87. The molecule has 0 unspecified atom stereocenters. The molecule has 6 nitrogen and oxygen atoms in total. The molecular formula is C22H30N2O4S. The Labute approximate surface area is 173 Å². The second-order valence-corrected chi connectivity index (χ2v) is 9.16. The quantitative estimate of drug-likeness (QED) is 0.573. The van der Waals surface area contributed by atoms with Gasteiger partial charge in [-0.2, -0.15) is 0 Å². The van der Waals surface area contributed by atoms with Crippen LogP contribution in [0.15, 0.2) is 47.4 Å². The molecule has 0 radical (unpaired) electrons. The predicted octanol–water partition coefficient (Wildman–Crippen LogP) is 3.90. The third-order valence-corrected chi connectivity index (χ3v) is 5.72. The average molecular weight is 419 g/mol. The predicted molar refractivity (Wildman–Crippen MR) is 116 cm³/mol. The van der Waals surface area contributed by atoms with Crippen molar-refractivity contribution in [2.24, 2.45) is 5.92 Å². The van der Waals surface area contributed by atoms with Crippen LogP contribution < -0.4 is 10.0 Å². The van der Waals surface area contributed by atoms with Crippen LogP contribution in [0.1, 0.15) is 41.8 Å². The van der Waals surface area contributed by atoms with Gasteiger partial charge in [0.1, 0.15) is 0 Å². The van der Waals surface area contributed by atoms with E-state index in [1.807, 2.05) is 19.1 Å². The van der Waals surface area contributed by atoms with Gasteiger partial charge in [0, 0.05) is 25.3 Å². The highest BCUT2D eigenvalue weighted by Crippen LogP contribution is 2.21. The third-order valence-electron chi connectivity index (χ3n) is 4.36. The normalized spacial score (nSPS) is 11.5. The molecule has 0 atom stereocenters. The van der Waals surface area contributed by atoms with Gasteiger partial charge in [-0.1, -0.05) is 38.1 Å². The van der Waals surface area contributed by atoms with E-state index in [9.17, 15) is 13.2 Å². The topological polar surface area (TPSA) is 84.5 Å². The van der Waals surface area contributed by atoms with Crippen LogP contribution in [0.2, 0.25) is 0 Å². The summed E-state index contributed by atoms with van der Waals surface area (Å²) in [7, 11) is -3.80. The molecule has 0 fully saturated rings. The maximum Gasteiger partial charge on any atom is 0.261 e. The summed E-state index contributed by atoms with van der Waals surface area (Å²) in [5.41, 5.74) is 2.40. The molecule has 0 aromatic heterocycles. The molecule has 2 aromatic carbocycles. The lowest BCUT2D eigenvalue weighted by molar-refractivity contribution is 0.0924. The molecule has 0 heterocycles. The van der Waals surface area contributed by atoms with Gasteiger partial charge in [-0.05, 0) is 55.5 Å². The van der Waals surface area contributed by atoms with Crippen molar-refractivity contribution in [1.82, 2.24) is 5.32 Å². The number of sulfonamides is 1. The molecule has 0 saturated heterocycles. The first kappa shape index (κ1) is 22.9. The summed E-state index contributed by atoms with van der Waals surface area (Å²) in [6.45, 7) is 9.52. The van der Waals surface area contributed by atoms with Crippen molar-refractivity contribution < 1.29 is 17.9 Å². The van der Waals surface area contributed by atoms with Gasteiger partial charge in [0.15, 0.2) is 0 Å². The van der Waals surface area contributed by atoms with Crippen LogP contribution in [0.4, 0.5) is 5.69 Å². The van der Waals surface area contributed by atoms with Gasteiger partial charge >= 0.3 is 0 Å². The van der Waals surface area contributed by atoms with E-state index in [0.717, 1.165) is 5.56 Å². The van der Waals surface area contributed by atoms with Crippen LogP contribution >= 0.6 is 0 Å². The monoisotopic (exact) mass is 418 g/mol. The molecule has 2 aromatic rings. The highest BCUT2D eigenvalue weighted by Gasteiger charge is 2.18. The van der Waals surface area contributed by atoms with Gasteiger partial charge in [0.25, 0.3) is 15.9 Å². The highest BCUT2D eigenvalue weighted by atomic mass is 32.2. The zero-order chi connectivity index (χ0) is 21.4. The Morgan fingerprint density at radius 2 is 1.79 bits per heavy atom. The van der Waals surface area contributed by atoms with Crippen LogP contribution in [0.3, 0.4) is 0 Å². The van der Waals surface area contributed by atoms with E-state index in [1.165, 1.54) is 12.1 Å². The van der Waals surface area contributed by atoms with E-state index >= 15 is 0 Å². The summed E-state index contributed by atoms with van der Waals surface area (Å²) < 4.78 is 33.6. The van der Waals surface area contributed by atoms with Gasteiger partial charge in [-0.3, -0.25) is 9.52 Å². The summed E-state index contributed by atoms with van der Waals surface area (Å²) >= 11 is 0. The number of para-hydroxylation sites is 1. The molecule has 0 bridgehead atoms. The molecule has 0 aliphatic heterocycles. The number of amides is 1. The first-order valence-electron chi connectivity index (χ1n) is 9.75. The van der Waals surface area contributed by atoms with Gasteiger partial charge in [-0.25, -0.2) is 8.42 Å². The van der Waals surface area contributed by atoms with E-state index < -0.39 is 10.0 Å². The number of anilines is 1. The van der Waals surface area contributed by atoms with Crippen molar-refractivity contribution in [1.29, 1.82) is 0 Å². The number of benzene rings is 2. The number of carbonyl (C=O) groups excluding carboxylic acids is 1. The second kappa shape index (κ2) is 10.4. The number of nitrogens with one attached hydrogen (secondary N) is 2. The van der Waals surface area contributed by atoms with Crippen molar-refractivity contribution in [2.45, 2.75) is 39.0 Å². The van der Waals surface area contributed by atoms with Gasteiger partial charge in [0.2, 0.25) is 0 Å². The number of aryl methyl sites for hydroxylation is 2. The standard InChI is InChI=1S/C22H30N2O4S/c1-16(2)15-28-13-7-12-23-22(25)20-14-19(11-10-17(20)3)29(26,27)24-21-9-6-5-8-18(21)4/h5-6,8-11,14,16,24H,7,12-13,15H2,1-4H3,(H,23,25). The summed E-state index contributed by atoms with van der Waals surface area (Å²) in [5, 5.41) is 2.83. The number of hydrogen-bond donors (Lipinski definition) is 2. The lowest BCUT2D eigenvalue weighted by Gasteiger charge is -2.13. The Kier molecular flexibility index (Phi) is 8.22. The molecule has 1 amide bonds. The van der Waals surface area contributed by atoms with Crippen LogP contribution in [-0.4, -0.2) is 34.1 Å². The molecular weight excluding hydrogens is 388 g/mol. The number of hydrogen-bond acceptors (Lipinski definition) is 4. The second-order valence-electron chi connectivity index (χ2n) is 7.48. The van der Waals surface area contributed by atoms with Crippen LogP contribution in [0.5, 0.6) is 0 Å². The highest BCUT2D eigenvalue weighted by molar-refractivity contribution is 7.92. The van der Waals surface area contributed by atoms with Gasteiger partial charge in [-0.15, -0.1) is 0 Å². The van der Waals surface area contributed by atoms with Crippen molar-refractivity contribution >= 4 is 21.6 Å². The lowest BCUT2D eigenvalue weighted by atomic mass is 10.1. The number of rotatable bonds is 10. The minimum Gasteiger partial charge on any atom is -0.381 e. The Morgan fingerprint density at radius 1 is 1.07 bits per heavy atom. The zero-order valence-corrected chi connectivity index (χ0v) is 18.3. The molecule has 29 heavy (non-hydrogen) atoms. The number of ether oxygens (including phenoxy) is 1. The zero-order valence-electron chi connectivity index (χ0n) is 17.5. The molecule has 2 rings (SSSR count). The molecule has 0 aliphatic carbocycles. The van der Waals surface area contributed by atoms with Crippen molar-refractivity contribution in [3.05, 3.63) is 59.2 Å². The van der Waals surface area contributed by atoms with E-state index in [-0.39, 0.29) is 10.8 Å². The maximum absolute atomic E-state index is 12.8. The van der Waals surface area contributed by atoms with E-state index in [0.29, 0.717) is 48.9 Å². The van der Waals surface area contributed by atoms with Crippen molar-refractivity contribution in [3.8, 4) is 0 Å². The Hall–Kier alpha value is -2.38. The Morgan fingerprint density at radius 3 is 2.48 bits per heavy atom. The molecule has 2 N–H and O–H groups in total. The summed E-state index contributed by atoms with van der Waals surface area (Å²) in [4.78, 5) is 12.6. The molecule has 0 spiro atoms. The van der Waals surface area contributed by atoms with Gasteiger partial charge < -0.3 is 10.1 Å². The molecule has 7 heteroatoms. The fourth-order valence-electron chi connectivity index (χ4n) is 2.69. The smallest absolute Gasteiger partial charge is 0.261 e. The van der Waals surface area contributed by atoms with Gasteiger partial charge in [0.05, 0.1) is 10.6 Å². The average Bonchev–Trinajstić information content (AvgIpc) is 2.66. The molecule has 158 valence electrons. The fourth-order valence-corrected chi connectivity index (χ4v) is 3.85. The van der Waals surface area contributed by atoms with E-state index in [1.54, 1.807) is 25.1 Å². The first-order valence-corrected chi connectivity index (χ1v) is 11.2. The SMILES string of the molecule is Cc1ccccc1NS(=O)(=O)c1ccc(C)c(C(=O)NCCCOCC(C)C)c1. The van der Waals surface area contributed by atoms with Crippen molar-refractivity contribution in [3.63, 3.8) is 0 Å². The van der Waals surface area contributed by atoms with Crippen LogP contribution in [0, 0.1) is 19.8 Å². The Balaban J connectivity index is 2.05. The largest absolute Gasteiger partial charge is 0.381 e. The summed E-state index contributed by atoms with van der Waals surface area (Å²) in [6.07, 6.45) is 0.699. The first-order chi connectivity index (χ1) is 13.7. The van der Waals surface area contributed by atoms with E-state index in [2.05, 4.69) is 23.9 Å². The molecule has 0 saturated carbocycles. The minimum atomic E-state index is -3.80. The lowest BCUT2D eigenvalue weighted by Crippen LogP contribution is -2.26. The Bertz CT molecular complexity index is 940. The summed E-state index contributed by atoms with van der Waals surface area (Å²) in [5.74, 6) is 0.185. The maximum atomic E-state index is 12.8. The fraction of sp³-hybridized carbons (Fsp3) is 0.409. The summed E-state index contributed by atoms with van der Waals surface area (Å²) in [6, 6.07) is 11.7. The minimum absolute atomic E-state index is 0.0526. The van der Waals surface area contributed by atoms with Crippen LogP contribution in [-0.2, 0) is 14.8 Å². The van der Waals surface area contributed by atoms with Crippen LogP contribution in [0.25, 0.3) is 0 Å². The number of carbonyl (C=O) groups is 1. The molecule has 0 aliphatic rings. The van der Waals surface area contributed by atoms with E-state index in [4.69, 9.17) is 4.74 Å². The van der Waals surface area contributed by atoms with Crippen molar-refractivity contribution in [2.75, 3.05) is 24.5 Å².